The molecule has 4 rings (SSSR count). The zero-order chi connectivity index (χ0) is 19.8. The van der Waals surface area contributed by atoms with E-state index in [1.165, 1.54) is 18.2 Å². The van der Waals surface area contributed by atoms with Crippen LogP contribution in [0.25, 0.3) is 0 Å². The van der Waals surface area contributed by atoms with Crippen LogP contribution in [0, 0.1) is 12.7 Å². The summed E-state index contributed by atoms with van der Waals surface area (Å²) in [6.45, 7) is 3.81. The Hall–Kier alpha value is -2.99. The Morgan fingerprint density at radius 2 is 2.00 bits per heavy atom. The molecule has 1 aliphatic rings. The molecule has 0 radical (unpaired) electrons. The van der Waals surface area contributed by atoms with E-state index >= 15 is 0 Å². The highest BCUT2D eigenvalue weighted by Crippen LogP contribution is 2.33. The van der Waals surface area contributed by atoms with Crippen molar-refractivity contribution in [3.63, 3.8) is 0 Å². The lowest BCUT2D eigenvalue weighted by atomic mass is 10.1. The van der Waals surface area contributed by atoms with Crippen molar-refractivity contribution in [2.75, 3.05) is 10.2 Å². The summed E-state index contributed by atoms with van der Waals surface area (Å²) in [5, 5.41) is 2.98. The summed E-state index contributed by atoms with van der Waals surface area (Å²) in [6, 6.07) is 13.8. The minimum atomic E-state index is -0.505. The number of nitrogens with zero attached hydrogens (tertiary/aromatic N) is 3. The van der Waals surface area contributed by atoms with E-state index in [1.807, 2.05) is 31.2 Å². The number of anilines is 3. The molecular formula is C21H18ClFN4O. The standard InChI is InChI=1S/C21H18ClFN4O/c1-12-9-18(20(28)27-13(2)10-14-5-3-4-6-19(14)27)26-21(24-12)25-15-7-8-17(23)16(22)11-15/h3-9,11,13H,10H2,1-2H3,(H,24,25,26). The van der Waals surface area contributed by atoms with Crippen molar-refractivity contribution < 1.29 is 9.18 Å². The van der Waals surface area contributed by atoms with Gasteiger partial charge in [0.05, 0.1) is 5.02 Å². The first-order valence-electron chi connectivity index (χ1n) is 8.91. The van der Waals surface area contributed by atoms with Gasteiger partial charge in [0.25, 0.3) is 5.91 Å². The maximum Gasteiger partial charge on any atom is 0.277 e. The van der Waals surface area contributed by atoms with E-state index in [0.717, 1.165) is 17.7 Å². The van der Waals surface area contributed by atoms with Crippen LogP contribution in [0.15, 0.2) is 48.5 Å². The molecule has 0 spiro atoms. The minimum Gasteiger partial charge on any atom is -0.324 e. The van der Waals surface area contributed by atoms with Crippen LogP contribution >= 0.6 is 11.6 Å². The highest BCUT2D eigenvalue weighted by atomic mass is 35.5. The summed E-state index contributed by atoms with van der Waals surface area (Å²) >= 11 is 5.83. The van der Waals surface area contributed by atoms with E-state index in [1.54, 1.807) is 17.9 Å². The van der Waals surface area contributed by atoms with Gasteiger partial charge < -0.3 is 10.2 Å². The number of halogens is 2. The lowest BCUT2D eigenvalue weighted by Gasteiger charge is -2.22. The molecular weight excluding hydrogens is 379 g/mol. The number of hydrogen-bond donors (Lipinski definition) is 1. The average molecular weight is 397 g/mol. The number of nitrogens with one attached hydrogen (secondary N) is 1. The maximum absolute atomic E-state index is 13.4. The van der Waals surface area contributed by atoms with Gasteiger partial charge in [0, 0.05) is 23.1 Å². The van der Waals surface area contributed by atoms with Crippen LogP contribution in [0.5, 0.6) is 0 Å². The molecule has 1 aliphatic heterocycles. The van der Waals surface area contributed by atoms with E-state index in [2.05, 4.69) is 15.3 Å². The number of aryl methyl sites for hydroxylation is 1. The van der Waals surface area contributed by atoms with Crippen molar-refractivity contribution in [1.29, 1.82) is 0 Å². The van der Waals surface area contributed by atoms with Crippen molar-refractivity contribution >= 4 is 34.8 Å². The smallest absolute Gasteiger partial charge is 0.277 e. The molecule has 1 N–H and O–H groups in total. The van der Waals surface area contributed by atoms with Crippen molar-refractivity contribution in [3.05, 3.63) is 76.3 Å². The van der Waals surface area contributed by atoms with E-state index in [0.29, 0.717) is 17.1 Å². The third-order valence-electron chi connectivity index (χ3n) is 4.68. The van der Waals surface area contributed by atoms with Crippen molar-refractivity contribution in [1.82, 2.24) is 9.97 Å². The van der Waals surface area contributed by atoms with Crippen molar-refractivity contribution in [2.24, 2.45) is 0 Å². The molecule has 7 heteroatoms. The second kappa shape index (κ2) is 7.20. The SMILES string of the molecule is Cc1cc(C(=O)N2c3ccccc3CC2C)nc(Nc2ccc(F)c(Cl)c2)n1. The Morgan fingerprint density at radius 3 is 2.79 bits per heavy atom. The molecule has 2 aromatic carbocycles. The van der Waals surface area contributed by atoms with Crippen LogP contribution in [0.1, 0.15) is 28.7 Å². The van der Waals surface area contributed by atoms with E-state index in [9.17, 15) is 9.18 Å². The number of fused-ring (bicyclic) bond motifs is 1. The number of amides is 1. The fraction of sp³-hybridized carbons (Fsp3) is 0.190. The topological polar surface area (TPSA) is 58.1 Å². The van der Waals surface area contributed by atoms with Crippen molar-refractivity contribution in [2.45, 2.75) is 26.3 Å². The van der Waals surface area contributed by atoms with Gasteiger partial charge in [-0.25, -0.2) is 14.4 Å². The Labute approximate surface area is 167 Å². The van der Waals surface area contributed by atoms with E-state index < -0.39 is 5.82 Å². The highest BCUT2D eigenvalue weighted by molar-refractivity contribution is 6.31. The van der Waals surface area contributed by atoms with Gasteiger partial charge in [0.2, 0.25) is 5.95 Å². The van der Waals surface area contributed by atoms with E-state index in [4.69, 9.17) is 11.6 Å². The summed E-state index contributed by atoms with van der Waals surface area (Å²) in [7, 11) is 0. The van der Waals surface area contributed by atoms with Crippen LogP contribution in [0.2, 0.25) is 5.02 Å². The van der Waals surface area contributed by atoms with Gasteiger partial charge >= 0.3 is 0 Å². The lowest BCUT2D eigenvalue weighted by Crippen LogP contribution is -2.36. The first kappa shape index (κ1) is 18.4. The molecule has 3 aromatic rings. The Bertz CT molecular complexity index is 1070. The summed E-state index contributed by atoms with van der Waals surface area (Å²) in [4.78, 5) is 23.7. The van der Waals surface area contributed by atoms with E-state index in [-0.39, 0.29) is 22.9 Å². The molecule has 5 nitrogen and oxygen atoms in total. The monoisotopic (exact) mass is 396 g/mol. The molecule has 1 aromatic heterocycles. The normalized spacial score (nSPS) is 15.4. The molecule has 0 bridgehead atoms. The second-order valence-electron chi connectivity index (χ2n) is 6.83. The lowest BCUT2D eigenvalue weighted by molar-refractivity contribution is 0.0976. The van der Waals surface area contributed by atoms with Crippen LogP contribution in [0.3, 0.4) is 0 Å². The van der Waals surface area contributed by atoms with Gasteiger partial charge in [-0.15, -0.1) is 0 Å². The zero-order valence-corrected chi connectivity index (χ0v) is 16.2. The summed E-state index contributed by atoms with van der Waals surface area (Å²) < 4.78 is 13.4. The van der Waals surface area contributed by atoms with Gasteiger partial charge in [-0.1, -0.05) is 29.8 Å². The molecule has 28 heavy (non-hydrogen) atoms. The van der Waals surface area contributed by atoms with Crippen molar-refractivity contribution in [3.8, 4) is 0 Å². The molecule has 1 amide bonds. The summed E-state index contributed by atoms with van der Waals surface area (Å²) in [5.74, 6) is -0.427. The Balaban J connectivity index is 1.65. The van der Waals surface area contributed by atoms with Gasteiger partial charge in [-0.2, -0.15) is 0 Å². The third-order valence-corrected chi connectivity index (χ3v) is 4.96. The molecule has 142 valence electrons. The number of para-hydroxylation sites is 1. The predicted molar refractivity (Wildman–Crippen MR) is 108 cm³/mol. The largest absolute Gasteiger partial charge is 0.324 e. The first-order chi connectivity index (χ1) is 13.4. The molecule has 0 saturated heterocycles. The number of benzene rings is 2. The maximum atomic E-state index is 13.4. The average Bonchev–Trinajstić information content (AvgIpc) is 2.99. The molecule has 2 heterocycles. The van der Waals surface area contributed by atoms with Crippen LogP contribution in [0.4, 0.5) is 21.7 Å². The first-order valence-corrected chi connectivity index (χ1v) is 9.29. The highest BCUT2D eigenvalue weighted by Gasteiger charge is 2.32. The number of carbonyl (C=O) groups is 1. The van der Waals surface area contributed by atoms with Gasteiger partial charge in [0.1, 0.15) is 11.5 Å². The molecule has 0 aliphatic carbocycles. The van der Waals surface area contributed by atoms with Gasteiger partial charge in [-0.3, -0.25) is 4.79 Å². The summed E-state index contributed by atoms with van der Waals surface area (Å²) in [5.41, 5.74) is 3.54. The van der Waals surface area contributed by atoms with Gasteiger partial charge in [-0.05, 0) is 56.2 Å². The fourth-order valence-electron chi connectivity index (χ4n) is 3.44. The predicted octanol–water partition coefficient (Wildman–Crippen LogP) is 4.91. The molecule has 1 unspecified atom stereocenters. The number of aromatic nitrogens is 2. The molecule has 0 fully saturated rings. The summed E-state index contributed by atoms with van der Waals surface area (Å²) in [6.07, 6.45) is 0.811. The van der Waals surface area contributed by atoms with Gasteiger partial charge in [0.15, 0.2) is 0 Å². The Kier molecular flexibility index (Phi) is 4.73. The van der Waals surface area contributed by atoms with Crippen LogP contribution in [-0.2, 0) is 6.42 Å². The number of rotatable bonds is 3. The van der Waals surface area contributed by atoms with Crippen LogP contribution < -0.4 is 10.2 Å². The third kappa shape index (κ3) is 3.43. The number of hydrogen-bond acceptors (Lipinski definition) is 4. The zero-order valence-electron chi connectivity index (χ0n) is 15.4. The number of carbonyl (C=O) groups excluding carboxylic acids is 1. The van der Waals surface area contributed by atoms with Crippen LogP contribution in [-0.4, -0.2) is 21.9 Å². The molecule has 0 saturated carbocycles. The second-order valence-corrected chi connectivity index (χ2v) is 7.24. The quantitative estimate of drug-likeness (QED) is 0.683. The Morgan fingerprint density at radius 1 is 1.21 bits per heavy atom. The fourth-order valence-corrected chi connectivity index (χ4v) is 3.62. The minimum absolute atomic E-state index is 0.00329. The molecule has 1 atom stereocenters.